The number of rotatable bonds is 0. The van der Waals surface area contributed by atoms with Crippen molar-refractivity contribution in [2.45, 2.75) is 83.0 Å². The zero-order valence-electron chi connectivity index (χ0n) is 13.8. The van der Waals surface area contributed by atoms with Crippen LogP contribution >= 0.6 is 12.6 Å². The Bertz CT molecular complexity index is 433. The maximum Gasteiger partial charge on any atom is 0.113 e. The Labute approximate surface area is 135 Å². The first-order valence-corrected chi connectivity index (χ1v) is 9.78. The molecule has 7 atom stereocenters. The number of thiol groups is 1. The van der Waals surface area contributed by atoms with Crippen molar-refractivity contribution in [2.75, 3.05) is 0 Å². The number of hydrogen-bond donors (Lipinski definition) is 2. The Hall–Kier alpha value is 0.310. The molecule has 0 saturated heterocycles. The van der Waals surface area contributed by atoms with E-state index in [1.807, 2.05) is 0 Å². The maximum absolute atomic E-state index is 10.8. The largest absolute Gasteiger partial charge is 0.379 e. The van der Waals surface area contributed by atoms with E-state index in [2.05, 4.69) is 26.5 Å². The van der Waals surface area contributed by atoms with E-state index < -0.39 is 4.93 Å². The molecule has 0 radical (unpaired) electrons. The molecule has 1 N–H and O–H groups in total. The molecule has 4 fully saturated rings. The van der Waals surface area contributed by atoms with Gasteiger partial charge in [-0.05, 0) is 80.5 Å². The highest BCUT2D eigenvalue weighted by atomic mass is 32.1. The Morgan fingerprint density at radius 3 is 2.43 bits per heavy atom. The predicted molar refractivity (Wildman–Crippen MR) is 90.3 cm³/mol. The Kier molecular flexibility index (Phi) is 3.30. The van der Waals surface area contributed by atoms with Gasteiger partial charge in [0.2, 0.25) is 0 Å². The van der Waals surface area contributed by atoms with Gasteiger partial charge in [-0.3, -0.25) is 0 Å². The summed E-state index contributed by atoms with van der Waals surface area (Å²) < 4.78 is 0. The average molecular weight is 309 g/mol. The third kappa shape index (κ3) is 1.87. The summed E-state index contributed by atoms with van der Waals surface area (Å²) in [5, 5.41) is 10.8. The van der Waals surface area contributed by atoms with Crippen LogP contribution in [0.4, 0.5) is 0 Å². The van der Waals surface area contributed by atoms with Crippen molar-refractivity contribution in [3.63, 3.8) is 0 Å². The fourth-order valence-corrected chi connectivity index (χ4v) is 7.69. The van der Waals surface area contributed by atoms with E-state index in [1.165, 1.54) is 57.8 Å². The zero-order valence-corrected chi connectivity index (χ0v) is 14.7. The van der Waals surface area contributed by atoms with Crippen LogP contribution in [0.2, 0.25) is 0 Å². The molecule has 1 nitrogen and oxygen atoms in total. The third-order valence-electron chi connectivity index (χ3n) is 8.69. The van der Waals surface area contributed by atoms with E-state index in [0.29, 0.717) is 5.41 Å². The number of fused-ring (bicyclic) bond motifs is 5. The molecule has 0 aromatic heterocycles. The maximum atomic E-state index is 10.8. The highest BCUT2D eigenvalue weighted by Crippen LogP contribution is 2.68. The van der Waals surface area contributed by atoms with Crippen molar-refractivity contribution in [1.29, 1.82) is 0 Å². The topological polar surface area (TPSA) is 20.2 Å². The molecule has 0 aromatic rings. The summed E-state index contributed by atoms with van der Waals surface area (Å²) in [5.41, 5.74) is 0.676. The quantitative estimate of drug-likeness (QED) is 0.474. The standard InChI is InChI=1S/C19H32OS/c1-17-10-4-3-5-13(17)6-7-14-15(17)8-11-18(2)16(14)9-12-19(18,20)21/h13-16,20-21H,3-12H2,1-2H3/t13?,14-,15-,16+,17+,18+,19?/m1/s1. The van der Waals surface area contributed by atoms with Gasteiger partial charge in [0.1, 0.15) is 4.93 Å². The minimum atomic E-state index is -0.715. The average Bonchev–Trinajstić information content (AvgIpc) is 2.69. The Morgan fingerprint density at radius 1 is 0.857 bits per heavy atom. The summed E-state index contributed by atoms with van der Waals surface area (Å²) in [6.07, 6.45) is 13.4. The lowest BCUT2D eigenvalue weighted by Crippen LogP contribution is -2.54. The summed E-state index contributed by atoms with van der Waals surface area (Å²) in [6.45, 7) is 4.96. The van der Waals surface area contributed by atoms with Crippen molar-refractivity contribution in [3.8, 4) is 0 Å². The van der Waals surface area contributed by atoms with Crippen molar-refractivity contribution in [1.82, 2.24) is 0 Å². The van der Waals surface area contributed by atoms with Gasteiger partial charge in [-0.15, -0.1) is 12.6 Å². The first kappa shape index (κ1) is 14.9. The van der Waals surface area contributed by atoms with E-state index in [1.54, 1.807) is 0 Å². The molecular formula is C19H32OS. The van der Waals surface area contributed by atoms with Gasteiger partial charge in [0.25, 0.3) is 0 Å². The molecule has 0 spiro atoms. The molecule has 0 aliphatic heterocycles. The molecule has 0 amide bonds. The summed E-state index contributed by atoms with van der Waals surface area (Å²) in [5.74, 6) is 3.51. The second-order valence-corrected chi connectivity index (χ2v) is 9.95. The fraction of sp³-hybridized carbons (Fsp3) is 1.00. The third-order valence-corrected chi connectivity index (χ3v) is 9.43. The van der Waals surface area contributed by atoms with Crippen LogP contribution in [0.1, 0.15) is 78.1 Å². The summed E-state index contributed by atoms with van der Waals surface area (Å²) in [4.78, 5) is -0.715. The van der Waals surface area contributed by atoms with Crippen LogP contribution in [0.15, 0.2) is 0 Å². The highest BCUT2D eigenvalue weighted by molar-refractivity contribution is 7.81. The summed E-state index contributed by atoms with van der Waals surface area (Å²) in [7, 11) is 0. The molecule has 4 aliphatic carbocycles. The van der Waals surface area contributed by atoms with E-state index >= 15 is 0 Å². The molecule has 0 aromatic carbocycles. The van der Waals surface area contributed by atoms with Crippen LogP contribution in [0.3, 0.4) is 0 Å². The van der Waals surface area contributed by atoms with Crippen molar-refractivity contribution < 1.29 is 5.11 Å². The predicted octanol–water partition coefficient (Wildman–Crippen LogP) is 5.04. The van der Waals surface area contributed by atoms with E-state index in [-0.39, 0.29) is 5.41 Å². The summed E-state index contributed by atoms with van der Waals surface area (Å²) in [6, 6.07) is 0. The summed E-state index contributed by atoms with van der Waals surface area (Å²) >= 11 is 4.68. The minimum Gasteiger partial charge on any atom is -0.379 e. The van der Waals surface area contributed by atoms with E-state index in [9.17, 15) is 5.11 Å². The number of aliphatic hydroxyl groups is 1. The highest BCUT2D eigenvalue weighted by Gasteiger charge is 2.63. The molecule has 4 aliphatic rings. The second-order valence-electron chi connectivity index (χ2n) is 9.21. The van der Waals surface area contributed by atoms with Crippen LogP contribution < -0.4 is 0 Å². The van der Waals surface area contributed by atoms with Crippen LogP contribution in [0.5, 0.6) is 0 Å². The molecule has 4 saturated carbocycles. The van der Waals surface area contributed by atoms with Gasteiger partial charge >= 0.3 is 0 Å². The van der Waals surface area contributed by atoms with Gasteiger partial charge in [-0.25, -0.2) is 0 Å². The fourth-order valence-electron chi connectivity index (χ4n) is 7.29. The first-order valence-electron chi connectivity index (χ1n) is 9.33. The van der Waals surface area contributed by atoms with Gasteiger partial charge < -0.3 is 5.11 Å². The van der Waals surface area contributed by atoms with Crippen molar-refractivity contribution in [2.24, 2.45) is 34.5 Å². The lowest BCUT2D eigenvalue weighted by atomic mass is 9.45. The van der Waals surface area contributed by atoms with Gasteiger partial charge in [0.05, 0.1) is 0 Å². The SMILES string of the molecule is C[C@]12CCCCC1CC[C@@H]1[C@H]2CC[C@@]2(C)[C@H]1CCC2(O)S. The van der Waals surface area contributed by atoms with Crippen LogP contribution in [0, 0.1) is 34.5 Å². The zero-order chi connectivity index (χ0) is 14.9. The van der Waals surface area contributed by atoms with E-state index in [4.69, 9.17) is 0 Å². The molecule has 2 unspecified atom stereocenters. The lowest BCUT2D eigenvalue weighted by molar-refractivity contribution is -0.126. The molecule has 120 valence electrons. The lowest BCUT2D eigenvalue weighted by Gasteiger charge is -2.61. The molecule has 21 heavy (non-hydrogen) atoms. The minimum absolute atomic E-state index is 0.0646. The number of hydrogen-bond acceptors (Lipinski definition) is 2. The Balaban J connectivity index is 1.66. The van der Waals surface area contributed by atoms with Crippen LogP contribution in [-0.4, -0.2) is 10.0 Å². The molecule has 0 bridgehead atoms. The molecule has 0 heterocycles. The van der Waals surface area contributed by atoms with Crippen molar-refractivity contribution in [3.05, 3.63) is 0 Å². The van der Waals surface area contributed by atoms with Gasteiger partial charge in [-0.2, -0.15) is 0 Å². The first-order chi connectivity index (χ1) is 9.88. The molecular weight excluding hydrogens is 276 g/mol. The normalized spacial score (nSPS) is 60.0. The van der Waals surface area contributed by atoms with Crippen molar-refractivity contribution >= 4 is 12.6 Å². The molecule has 4 rings (SSSR count). The Morgan fingerprint density at radius 2 is 1.62 bits per heavy atom. The van der Waals surface area contributed by atoms with Gasteiger partial charge in [-0.1, -0.05) is 26.7 Å². The van der Waals surface area contributed by atoms with Crippen LogP contribution in [-0.2, 0) is 0 Å². The smallest absolute Gasteiger partial charge is 0.113 e. The van der Waals surface area contributed by atoms with Crippen LogP contribution in [0.25, 0.3) is 0 Å². The van der Waals surface area contributed by atoms with Gasteiger partial charge in [0.15, 0.2) is 0 Å². The monoisotopic (exact) mass is 308 g/mol. The second kappa shape index (κ2) is 4.66. The van der Waals surface area contributed by atoms with E-state index in [0.717, 1.165) is 30.1 Å². The van der Waals surface area contributed by atoms with Gasteiger partial charge in [0, 0.05) is 5.41 Å². The molecule has 2 heteroatoms.